The molecule has 0 spiro atoms. The second kappa shape index (κ2) is 7.41. The Hall–Kier alpha value is -0.870. The van der Waals surface area contributed by atoms with Gasteiger partial charge < -0.3 is 10.6 Å². The largest absolute Gasteiger partial charge is 0.317 e. The average Bonchev–Trinajstić information content (AvgIpc) is 2.64. The fourth-order valence-corrected chi connectivity index (χ4v) is 1.77. The highest BCUT2D eigenvalue weighted by Gasteiger charge is 2.04. The van der Waals surface area contributed by atoms with E-state index in [1.54, 1.807) is 0 Å². The number of aryl methyl sites for hydroxylation is 2. The van der Waals surface area contributed by atoms with Crippen molar-refractivity contribution in [3.63, 3.8) is 0 Å². The second-order valence-electron chi connectivity index (χ2n) is 4.01. The first-order valence-corrected chi connectivity index (χ1v) is 6.20. The number of aromatic nitrogens is 2. The first-order chi connectivity index (χ1) is 7.77. The van der Waals surface area contributed by atoms with Crippen LogP contribution >= 0.6 is 0 Å². The molecule has 1 aromatic heterocycles. The SMILES string of the molecule is CCNCCCNCc1cn(C)nc1CC. The Balaban J connectivity index is 2.21. The van der Waals surface area contributed by atoms with Gasteiger partial charge in [0.05, 0.1) is 5.69 Å². The molecule has 0 radical (unpaired) electrons. The van der Waals surface area contributed by atoms with E-state index < -0.39 is 0 Å². The van der Waals surface area contributed by atoms with E-state index >= 15 is 0 Å². The minimum atomic E-state index is 0.934. The molecule has 92 valence electrons. The molecule has 0 aliphatic carbocycles. The minimum absolute atomic E-state index is 0.934. The molecule has 0 bridgehead atoms. The van der Waals surface area contributed by atoms with Gasteiger partial charge in [0.15, 0.2) is 0 Å². The van der Waals surface area contributed by atoms with Gasteiger partial charge in [0.25, 0.3) is 0 Å². The van der Waals surface area contributed by atoms with E-state index in [1.165, 1.54) is 17.7 Å². The summed E-state index contributed by atoms with van der Waals surface area (Å²) >= 11 is 0. The van der Waals surface area contributed by atoms with Gasteiger partial charge in [-0.1, -0.05) is 13.8 Å². The molecule has 0 saturated carbocycles. The lowest BCUT2D eigenvalue weighted by atomic mass is 10.2. The van der Waals surface area contributed by atoms with Crippen LogP contribution in [0, 0.1) is 0 Å². The molecule has 1 heterocycles. The summed E-state index contributed by atoms with van der Waals surface area (Å²) in [5, 5.41) is 11.2. The maximum Gasteiger partial charge on any atom is 0.0666 e. The number of nitrogens with one attached hydrogen (secondary N) is 2. The van der Waals surface area contributed by atoms with Gasteiger partial charge in [0.2, 0.25) is 0 Å². The molecule has 1 rings (SSSR count). The van der Waals surface area contributed by atoms with Gasteiger partial charge in [-0.2, -0.15) is 5.10 Å². The van der Waals surface area contributed by atoms with Crippen molar-refractivity contribution in [2.24, 2.45) is 7.05 Å². The quantitative estimate of drug-likeness (QED) is 0.649. The van der Waals surface area contributed by atoms with Crippen molar-refractivity contribution in [1.29, 1.82) is 0 Å². The number of rotatable bonds is 8. The van der Waals surface area contributed by atoms with Crippen molar-refractivity contribution >= 4 is 0 Å². The molecule has 16 heavy (non-hydrogen) atoms. The molecule has 4 heteroatoms. The van der Waals surface area contributed by atoms with E-state index in [2.05, 4.69) is 35.8 Å². The zero-order chi connectivity index (χ0) is 11.8. The Morgan fingerprint density at radius 1 is 1.25 bits per heavy atom. The van der Waals surface area contributed by atoms with E-state index in [1.807, 2.05) is 11.7 Å². The van der Waals surface area contributed by atoms with E-state index in [9.17, 15) is 0 Å². The van der Waals surface area contributed by atoms with E-state index in [0.29, 0.717) is 0 Å². The number of hydrogen-bond acceptors (Lipinski definition) is 3. The molecule has 0 fully saturated rings. The van der Waals surface area contributed by atoms with Crippen LogP contribution < -0.4 is 10.6 Å². The van der Waals surface area contributed by atoms with Crippen LogP contribution in [0.15, 0.2) is 6.20 Å². The highest BCUT2D eigenvalue weighted by atomic mass is 15.3. The topological polar surface area (TPSA) is 41.9 Å². The predicted molar refractivity (Wildman–Crippen MR) is 67.5 cm³/mol. The third kappa shape index (κ3) is 4.33. The van der Waals surface area contributed by atoms with Crippen LogP contribution in [0.2, 0.25) is 0 Å². The second-order valence-corrected chi connectivity index (χ2v) is 4.01. The summed E-state index contributed by atoms with van der Waals surface area (Å²) in [6.45, 7) is 8.43. The number of nitrogens with zero attached hydrogens (tertiary/aromatic N) is 2. The molecule has 0 aliphatic rings. The highest BCUT2D eigenvalue weighted by Crippen LogP contribution is 2.06. The fraction of sp³-hybridized carbons (Fsp3) is 0.750. The monoisotopic (exact) mass is 224 g/mol. The van der Waals surface area contributed by atoms with E-state index in [-0.39, 0.29) is 0 Å². The van der Waals surface area contributed by atoms with Crippen LogP contribution in [0.5, 0.6) is 0 Å². The van der Waals surface area contributed by atoms with Crippen molar-refractivity contribution in [1.82, 2.24) is 20.4 Å². The zero-order valence-corrected chi connectivity index (χ0v) is 10.7. The van der Waals surface area contributed by atoms with Crippen LogP contribution in [0.1, 0.15) is 31.5 Å². The summed E-state index contributed by atoms with van der Waals surface area (Å²) in [7, 11) is 1.98. The van der Waals surface area contributed by atoms with Gasteiger partial charge >= 0.3 is 0 Å². The van der Waals surface area contributed by atoms with Crippen molar-refractivity contribution in [3.8, 4) is 0 Å². The van der Waals surface area contributed by atoms with Crippen LogP contribution in [0.3, 0.4) is 0 Å². The van der Waals surface area contributed by atoms with E-state index in [0.717, 1.165) is 32.6 Å². The van der Waals surface area contributed by atoms with Gasteiger partial charge in [-0.15, -0.1) is 0 Å². The molecular formula is C12H24N4. The Morgan fingerprint density at radius 2 is 2.00 bits per heavy atom. The standard InChI is InChI=1S/C12H24N4/c1-4-12-11(10-16(3)15-12)9-14-8-6-7-13-5-2/h10,13-14H,4-9H2,1-3H3. The lowest BCUT2D eigenvalue weighted by molar-refractivity contribution is 0.604. The normalized spacial score (nSPS) is 10.9. The third-order valence-electron chi connectivity index (χ3n) is 2.60. The smallest absolute Gasteiger partial charge is 0.0666 e. The minimum Gasteiger partial charge on any atom is -0.317 e. The third-order valence-corrected chi connectivity index (χ3v) is 2.60. The average molecular weight is 224 g/mol. The summed E-state index contributed by atoms with van der Waals surface area (Å²) in [4.78, 5) is 0. The molecular weight excluding hydrogens is 200 g/mol. The maximum absolute atomic E-state index is 4.42. The zero-order valence-electron chi connectivity index (χ0n) is 10.7. The molecule has 0 atom stereocenters. The van der Waals surface area contributed by atoms with Gasteiger partial charge in [0, 0.05) is 25.4 Å². The van der Waals surface area contributed by atoms with Crippen molar-refractivity contribution in [2.45, 2.75) is 33.2 Å². The van der Waals surface area contributed by atoms with Crippen molar-refractivity contribution in [3.05, 3.63) is 17.5 Å². The summed E-state index contributed by atoms with van der Waals surface area (Å²) in [6.07, 6.45) is 4.29. The molecule has 0 amide bonds. The van der Waals surface area contributed by atoms with Crippen LogP contribution in [0.4, 0.5) is 0 Å². The molecule has 2 N–H and O–H groups in total. The summed E-state index contributed by atoms with van der Waals surface area (Å²) in [5.74, 6) is 0. The Labute approximate surface area is 98.4 Å². The first-order valence-electron chi connectivity index (χ1n) is 6.20. The Kier molecular flexibility index (Phi) is 6.11. The van der Waals surface area contributed by atoms with Crippen LogP contribution in [-0.4, -0.2) is 29.4 Å². The summed E-state index contributed by atoms with van der Waals surface area (Å²) < 4.78 is 1.90. The fourth-order valence-electron chi connectivity index (χ4n) is 1.77. The van der Waals surface area contributed by atoms with Gasteiger partial charge in [-0.05, 0) is 32.5 Å². The summed E-state index contributed by atoms with van der Waals surface area (Å²) in [5.41, 5.74) is 2.54. The predicted octanol–water partition coefficient (Wildman–Crippen LogP) is 1.07. The molecule has 0 unspecified atom stereocenters. The summed E-state index contributed by atoms with van der Waals surface area (Å²) in [6, 6.07) is 0. The molecule has 4 nitrogen and oxygen atoms in total. The molecule has 0 aliphatic heterocycles. The van der Waals surface area contributed by atoms with Crippen molar-refractivity contribution < 1.29 is 0 Å². The molecule has 0 saturated heterocycles. The van der Waals surface area contributed by atoms with Gasteiger partial charge in [-0.25, -0.2) is 0 Å². The highest BCUT2D eigenvalue weighted by molar-refractivity contribution is 5.16. The van der Waals surface area contributed by atoms with Gasteiger partial charge in [0.1, 0.15) is 0 Å². The van der Waals surface area contributed by atoms with E-state index in [4.69, 9.17) is 0 Å². The molecule has 1 aromatic rings. The van der Waals surface area contributed by atoms with Crippen LogP contribution in [-0.2, 0) is 20.0 Å². The van der Waals surface area contributed by atoms with Crippen LogP contribution in [0.25, 0.3) is 0 Å². The van der Waals surface area contributed by atoms with Gasteiger partial charge in [-0.3, -0.25) is 4.68 Å². The first kappa shape index (κ1) is 13.2. The lowest BCUT2D eigenvalue weighted by Crippen LogP contribution is -2.21. The Morgan fingerprint density at radius 3 is 2.69 bits per heavy atom. The molecule has 0 aromatic carbocycles. The van der Waals surface area contributed by atoms with Crippen molar-refractivity contribution in [2.75, 3.05) is 19.6 Å². The lowest BCUT2D eigenvalue weighted by Gasteiger charge is -2.04. The maximum atomic E-state index is 4.42. The number of hydrogen-bond donors (Lipinski definition) is 2. The Bertz CT molecular complexity index is 293.